The van der Waals surface area contributed by atoms with Gasteiger partial charge in [0.05, 0.1) is 18.5 Å². The second kappa shape index (κ2) is 6.76. The minimum Gasteiger partial charge on any atom is -0.497 e. The SMILES string of the molecule is COc1ccc(C(=O)Nc2ccccc2N(C)C(C)=O)cc1. The summed E-state index contributed by atoms with van der Waals surface area (Å²) in [7, 11) is 3.24. The third-order valence-electron chi connectivity index (χ3n) is 3.34. The maximum atomic E-state index is 12.3. The Morgan fingerprint density at radius 1 is 1.05 bits per heavy atom. The maximum absolute atomic E-state index is 12.3. The van der Waals surface area contributed by atoms with Crippen molar-refractivity contribution in [2.24, 2.45) is 0 Å². The molecule has 0 spiro atoms. The van der Waals surface area contributed by atoms with Crippen LogP contribution in [0.5, 0.6) is 5.75 Å². The summed E-state index contributed by atoms with van der Waals surface area (Å²) in [5.41, 5.74) is 1.75. The molecular formula is C17H18N2O3. The number of nitrogens with zero attached hydrogens (tertiary/aromatic N) is 1. The first-order chi connectivity index (χ1) is 10.5. The zero-order chi connectivity index (χ0) is 16.1. The van der Waals surface area contributed by atoms with Crippen molar-refractivity contribution in [1.82, 2.24) is 0 Å². The van der Waals surface area contributed by atoms with Gasteiger partial charge in [0.1, 0.15) is 5.75 Å². The zero-order valence-corrected chi connectivity index (χ0v) is 12.8. The lowest BCUT2D eigenvalue weighted by Gasteiger charge is -2.19. The summed E-state index contributed by atoms with van der Waals surface area (Å²) in [5.74, 6) is 0.339. The Morgan fingerprint density at radius 2 is 1.68 bits per heavy atom. The largest absolute Gasteiger partial charge is 0.497 e. The van der Waals surface area contributed by atoms with Crippen LogP contribution in [-0.4, -0.2) is 26.0 Å². The van der Waals surface area contributed by atoms with Gasteiger partial charge in [0.2, 0.25) is 5.91 Å². The van der Waals surface area contributed by atoms with Crippen LogP contribution in [0, 0.1) is 0 Å². The Morgan fingerprint density at radius 3 is 2.27 bits per heavy atom. The first-order valence-electron chi connectivity index (χ1n) is 6.81. The second-order valence-electron chi connectivity index (χ2n) is 4.78. The summed E-state index contributed by atoms with van der Waals surface area (Å²) in [6.07, 6.45) is 0. The molecule has 2 aromatic rings. The molecule has 2 aromatic carbocycles. The molecule has 2 rings (SSSR count). The molecule has 22 heavy (non-hydrogen) atoms. The minimum absolute atomic E-state index is 0.105. The molecule has 2 amide bonds. The number of para-hydroxylation sites is 2. The van der Waals surface area contributed by atoms with Gasteiger partial charge in [0.25, 0.3) is 5.91 Å². The maximum Gasteiger partial charge on any atom is 0.255 e. The van der Waals surface area contributed by atoms with E-state index in [2.05, 4.69) is 5.32 Å². The number of carbonyl (C=O) groups excluding carboxylic acids is 2. The van der Waals surface area contributed by atoms with Crippen molar-refractivity contribution in [2.45, 2.75) is 6.92 Å². The molecule has 0 heterocycles. The molecule has 114 valence electrons. The molecule has 1 N–H and O–H groups in total. The Bertz CT molecular complexity index is 681. The second-order valence-corrected chi connectivity index (χ2v) is 4.78. The predicted octanol–water partition coefficient (Wildman–Crippen LogP) is 2.93. The van der Waals surface area contributed by atoms with E-state index in [0.717, 1.165) is 0 Å². The summed E-state index contributed by atoms with van der Waals surface area (Å²) >= 11 is 0. The van der Waals surface area contributed by atoms with Crippen LogP contribution < -0.4 is 15.0 Å². The fourth-order valence-corrected chi connectivity index (χ4v) is 1.98. The van der Waals surface area contributed by atoms with Gasteiger partial charge in [-0.15, -0.1) is 0 Å². The molecule has 0 aliphatic carbocycles. The van der Waals surface area contributed by atoms with E-state index in [1.54, 1.807) is 56.6 Å². The van der Waals surface area contributed by atoms with Crippen molar-refractivity contribution in [3.05, 3.63) is 54.1 Å². The molecule has 5 heteroatoms. The Hall–Kier alpha value is -2.82. The van der Waals surface area contributed by atoms with Gasteiger partial charge in [-0.05, 0) is 36.4 Å². The predicted molar refractivity (Wildman–Crippen MR) is 86.5 cm³/mol. The lowest BCUT2D eigenvalue weighted by molar-refractivity contribution is -0.116. The molecule has 0 saturated carbocycles. The third kappa shape index (κ3) is 3.44. The quantitative estimate of drug-likeness (QED) is 0.944. The van der Waals surface area contributed by atoms with Gasteiger partial charge in [0, 0.05) is 19.5 Å². The molecule has 0 saturated heterocycles. The molecule has 0 fully saturated rings. The molecule has 0 aliphatic rings. The van der Waals surface area contributed by atoms with Crippen molar-refractivity contribution >= 4 is 23.2 Å². The van der Waals surface area contributed by atoms with Crippen LogP contribution in [0.2, 0.25) is 0 Å². The van der Waals surface area contributed by atoms with E-state index in [1.165, 1.54) is 11.8 Å². The van der Waals surface area contributed by atoms with Crippen LogP contribution in [0.3, 0.4) is 0 Å². The highest BCUT2D eigenvalue weighted by Gasteiger charge is 2.13. The van der Waals surface area contributed by atoms with E-state index in [1.807, 2.05) is 6.07 Å². The lowest BCUT2D eigenvalue weighted by atomic mass is 10.2. The summed E-state index contributed by atoms with van der Waals surface area (Å²) < 4.78 is 5.07. The van der Waals surface area contributed by atoms with Crippen LogP contribution in [0.15, 0.2) is 48.5 Å². The number of anilines is 2. The first-order valence-corrected chi connectivity index (χ1v) is 6.81. The van der Waals surface area contributed by atoms with E-state index in [-0.39, 0.29) is 11.8 Å². The Kier molecular flexibility index (Phi) is 4.78. The Balaban J connectivity index is 2.22. The van der Waals surface area contributed by atoms with Crippen LogP contribution in [0.4, 0.5) is 11.4 Å². The summed E-state index contributed by atoms with van der Waals surface area (Å²) in [4.78, 5) is 25.3. The molecule has 0 aliphatic heterocycles. The fraction of sp³-hybridized carbons (Fsp3) is 0.176. The Labute approximate surface area is 129 Å². The number of hydrogen-bond donors (Lipinski definition) is 1. The number of hydrogen-bond acceptors (Lipinski definition) is 3. The highest BCUT2D eigenvalue weighted by molar-refractivity contribution is 6.07. The van der Waals surface area contributed by atoms with E-state index in [4.69, 9.17) is 4.74 Å². The third-order valence-corrected chi connectivity index (χ3v) is 3.34. The monoisotopic (exact) mass is 298 g/mol. The summed E-state index contributed by atoms with van der Waals surface area (Å²) in [6.45, 7) is 1.47. The number of methoxy groups -OCH3 is 1. The highest BCUT2D eigenvalue weighted by atomic mass is 16.5. The highest BCUT2D eigenvalue weighted by Crippen LogP contribution is 2.25. The van der Waals surface area contributed by atoms with Gasteiger partial charge >= 0.3 is 0 Å². The van der Waals surface area contributed by atoms with Gasteiger partial charge in [0.15, 0.2) is 0 Å². The van der Waals surface area contributed by atoms with Gasteiger partial charge in [-0.3, -0.25) is 9.59 Å². The van der Waals surface area contributed by atoms with Crippen LogP contribution in [0.1, 0.15) is 17.3 Å². The van der Waals surface area contributed by atoms with E-state index in [9.17, 15) is 9.59 Å². The molecule has 0 radical (unpaired) electrons. The molecular weight excluding hydrogens is 280 g/mol. The van der Waals surface area contributed by atoms with Crippen molar-refractivity contribution in [3.63, 3.8) is 0 Å². The normalized spacial score (nSPS) is 9.95. The fourth-order valence-electron chi connectivity index (χ4n) is 1.98. The average Bonchev–Trinajstić information content (AvgIpc) is 2.54. The number of carbonyl (C=O) groups is 2. The van der Waals surface area contributed by atoms with Gasteiger partial charge in [-0.1, -0.05) is 12.1 Å². The van der Waals surface area contributed by atoms with Gasteiger partial charge in [-0.2, -0.15) is 0 Å². The van der Waals surface area contributed by atoms with Crippen molar-refractivity contribution in [3.8, 4) is 5.75 Å². The van der Waals surface area contributed by atoms with Crippen LogP contribution in [-0.2, 0) is 4.79 Å². The minimum atomic E-state index is -0.243. The van der Waals surface area contributed by atoms with Crippen molar-refractivity contribution < 1.29 is 14.3 Å². The molecule has 0 unspecified atom stereocenters. The van der Waals surface area contributed by atoms with Crippen molar-refractivity contribution in [2.75, 3.05) is 24.4 Å². The van der Waals surface area contributed by atoms with Crippen LogP contribution in [0.25, 0.3) is 0 Å². The molecule has 5 nitrogen and oxygen atoms in total. The lowest BCUT2D eigenvalue weighted by Crippen LogP contribution is -2.24. The van der Waals surface area contributed by atoms with Crippen molar-refractivity contribution in [1.29, 1.82) is 0 Å². The molecule has 0 aromatic heterocycles. The number of nitrogens with one attached hydrogen (secondary N) is 1. The molecule has 0 atom stereocenters. The number of benzene rings is 2. The number of ether oxygens (including phenoxy) is 1. The first kappa shape index (κ1) is 15.6. The van der Waals surface area contributed by atoms with E-state index >= 15 is 0 Å². The standard InChI is InChI=1S/C17H18N2O3/c1-12(20)19(2)16-7-5-4-6-15(16)18-17(21)13-8-10-14(22-3)11-9-13/h4-11H,1-3H3,(H,18,21). The zero-order valence-electron chi connectivity index (χ0n) is 12.8. The van der Waals surface area contributed by atoms with E-state index in [0.29, 0.717) is 22.7 Å². The molecule has 0 bridgehead atoms. The summed E-state index contributed by atoms with van der Waals surface area (Å²) in [5, 5.41) is 2.83. The van der Waals surface area contributed by atoms with E-state index < -0.39 is 0 Å². The topological polar surface area (TPSA) is 58.6 Å². The van der Waals surface area contributed by atoms with Gasteiger partial charge in [-0.25, -0.2) is 0 Å². The van der Waals surface area contributed by atoms with Crippen LogP contribution >= 0.6 is 0 Å². The number of rotatable bonds is 4. The summed E-state index contributed by atoms with van der Waals surface area (Å²) in [6, 6.07) is 14.0. The smallest absolute Gasteiger partial charge is 0.255 e. The average molecular weight is 298 g/mol. The number of amides is 2. The van der Waals surface area contributed by atoms with Gasteiger partial charge < -0.3 is 15.0 Å².